The second-order valence-corrected chi connectivity index (χ2v) is 8.06. The van der Waals surface area contributed by atoms with Gasteiger partial charge in [0.15, 0.2) is 0 Å². The minimum absolute atomic E-state index is 0.198. The molecule has 0 aliphatic carbocycles. The minimum Gasteiger partial charge on any atom is -0.341 e. The summed E-state index contributed by atoms with van der Waals surface area (Å²) in [5.74, 6) is -0.212. The van der Waals surface area contributed by atoms with Crippen molar-refractivity contribution in [2.75, 3.05) is 30.2 Å². The maximum absolute atomic E-state index is 12.4. The number of nitrogens with zero attached hydrogens (tertiary/aromatic N) is 2. The van der Waals surface area contributed by atoms with E-state index in [2.05, 4.69) is 0 Å². The zero-order chi connectivity index (χ0) is 16.3. The highest BCUT2D eigenvalue weighted by atomic mass is 35.5. The van der Waals surface area contributed by atoms with E-state index in [0.29, 0.717) is 18.1 Å². The first-order valence-electron chi connectivity index (χ1n) is 6.99. The van der Waals surface area contributed by atoms with Gasteiger partial charge in [0.05, 0.1) is 17.0 Å². The van der Waals surface area contributed by atoms with Crippen molar-refractivity contribution in [3.05, 3.63) is 28.2 Å². The van der Waals surface area contributed by atoms with Crippen molar-refractivity contribution in [1.82, 2.24) is 4.90 Å². The van der Waals surface area contributed by atoms with Crippen LogP contribution in [0, 0.1) is 0 Å². The molecule has 8 heteroatoms. The van der Waals surface area contributed by atoms with E-state index >= 15 is 0 Å². The molecule has 5 nitrogen and oxygen atoms in total. The number of carbonyl (C=O) groups excluding carboxylic acids is 1. The van der Waals surface area contributed by atoms with Crippen LogP contribution in [0.2, 0.25) is 10.0 Å². The molecule has 22 heavy (non-hydrogen) atoms. The van der Waals surface area contributed by atoms with Gasteiger partial charge in [-0.05, 0) is 37.5 Å². The molecule has 0 aromatic heterocycles. The summed E-state index contributed by atoms with van der Waals surface area (Å²) >= 11 is 11.9. The molecule has 1 amide bonds. The first kappa shape index (κ1) is 17.4. The van der Waals surface area contributed by atoms with Gasteiger partial charge in [0.25, 0.3) is 0 Å². The molecule has 0 unspecified atom stereocenters. The average Bonchev–Trinajstić information content (AvgIpc) is 2.45. The molecule has 0 atom stereocenters. The Balaban J connectivity index is 2.25. The van der Waals surface area contributed by atoms with Gasteiger partial charge in [-0.25, -0.2) is 8.42 Å². The van der Waals surface area contributed by atoms with Crippen LogP contribution in [0.1, 0.15) is 19.3 Å². The lowest BCUT2D eigenvalue weighted by atomic mass is 10.1. The first-order valence-corrected chi connectivity index (χ1v) is 9.60. The van der Waals surface area contributed by atoms with E-state index < -0.39 is 10.0 Å². The fourth-order valence-electron chi connectivity index (χ4n) is 2.43. The van der Waals surface area contributed by atoms with Crippen LogP contribution in [0.25, 0.3) is 0 Å². The minimum atomic E-state index is -3.63. The summed E-state index contributed by atoms with van der Waals surface area (Å²) in [7, 11) is -3.63. The monoisotopic (exact) mass is 364 g/mol. The molecule has 0 bridgehead atoms. The number of hydrogen-bond donors (Lipinski definition) is 0. The lowest BCUT2D eigenvalue weighted by Crippen LogP contribution is -2.44. The molecule has 0 N–H and O–H groups in total. The number of rotatable bonds is 4. The fraction of sp³-hybridized carbons (Fsp3) is 0.500. The molecular weight excluding hydrogens is 347 g/mol. The van der Waals surface area contributed by atoms with Gasteiger partial charge < -0.3 is 4.90 Å². The molecule has 2 rings (SSSR count). The Hall–Kier alpha value is -0.980. The van der Waals surface area contributed by atoms with Crippen LogP contribution < -0.4 is 4.31 Å². The van der Waals surface area contributed by atoms with Crippen LogP contribution in [0.4, 0.5) is 5.69 Å². The third-order valence-electron chi connectivity index (χ3n) is 3.57. The smallest absolute Gasteiger partial charge is 0.243 e. The Kier molecular flexibility index (Phi) is 5.58. The number of anilines is 1. The summed E-state index contributed by atoms with van der Waals surface area (Å²) in [5, 5.41) is 0.605. The van der Waals surface area contributed by atoms with Gasteiger partial charge >= 0.3 is 0 Å². The fourth-order valence-corrected chi connectivity index (χ4v) is 3.85. The van der Waals surface area contributed by atoms with Crippen molar-refractivity contribution in [3.8, 4) is 0 Å². The van der Waals surface area contributed by atoms with E-state index in [9.17, 15) is 13.2 Å². The van der Waals surface area contributed by atoms with Crippen LogP contribution >= 0.6 is 23.2 Å². The van der Waals surface area contributed by atoms with Gasteiger partial charge in [0.1, 0.15) is 6.54 Å². The molecule has 122 valence electrons. The third kappa shape index (κ3) is 4.27. The van der Waals surface area contributed by atoms with Crippen molar-refractivity contribution >= 4 is 44.8 Å². The van der Waals surface area contributed by atoms with Crippen LogP contribution in [0.5, 0.6) is 0 Å². The molecule has 1 aromatic carbocycles. The number of sulfonamides is 1. The molecule has 1 aromatic rings. The van der Waals surface area contributed by atoms with E-state index in [1.807, 2.05) is 0 Å². The molecule has 1 aliphatic rings. The van der Waals surface area contributed by atoms with E-state index in [1.54, 1.807) is 11.0 Å². The molecule has 1 aliphatic heterocycles. The number of carbonyl (C=O) groups is 1. The van der Waals surface area contributed by atoms with E-state index in [0.717, 1.165) is 29.8 Å². The van der Waals surface area contributed by atoms with Crippen molar-refractivity contribution in [2.24, 2.45) is 0 Å². The van der Waals surface area contributed by atoms with E-state index in [1.165, 1.54) is 12.1 Å². The van der Waals surface area contributed by atoms with Crippen LogP contribution in [-0.4, -0.2) is 45.1 Å². The molecular formula is C14H18Cl2N2O3S. The number of amides is 1. The third-order valence-corrected chi connectivity index (χ3v) is 5.23. The highest BCUT2D eigenvalue weighted by molar-refractivity contribution is 7.92. The van der Waals surface area contributed by atoms with Gasteiger partial charge in [-0.2, -0.15) is 0 Å². The summed E-state index contributed by atoms with van der Waals surface area (Å²) in [6.45, 7) is 1.09. The first-order chi connectivity index (χ1) is 10.3. The van der Waals surface area contributed by atoms with Gasteiger partial charge in [-0.1, -0.05) is 23.2 Å². The Morgan fingerprint density at radius 3 is 2.41 bits per heavy atom. The number of benzene rings is 1. The number of halogens is 2. The highest BCUT2D eigenvalue weighted by Crippen LogP contribution is 2.30. The summed E-state index contributed by atoms with van der Waals surface area (Å²) in [6.07, 6.45) is 4.06. The maximum Gasteiger partial charge on any atom is 0.243 e. The van der Waals surface area contributed by atoms with E-state index in [-0.39, 0.29) is 23.2 Å². The van der Waals surface area contributed by atoms with Crippen LogP contribution in [0.3, 0.4) is 0 Å². The number of likely N-dealkylation sites (tertiary alicyclic amines) is 1. The lowest BCUT2D eigenvalue weighted by Gasteiger charge is -2.30. The second-order valence-electron chi connectivity index (χ2n) is 5.31. The van der Waals surface area contributed by atoms with Crippen LogP contribution in [0.15, 0.2) is 18.2 Å². The topological polar surface area (TPSA) is 57.7 Å². The summed E-state index contributed by atoms with van der Waals surface area (Å²) in [6, 6.07) is 4.52. The summed E-state index contributed by atoms with van der Waals surface area (Å²) in [4.78, 5) is 14.1. The van der Waals surface area contributed by atoms with Gasteiger partial charge in [0, 0.05) is 18.1 Å². The molecule has 1 fully saturated rings. The quantitative estimate of drug-likeness (QED) is 0.825. The molecule has 0 saturated carbocycles. The number of hydrogen-bond acceptors (Lipinski definition) is 3. The van der Waals surface area contributed by atoms with Crippen molar-refractivity contribution in [1.29, 1.82) is 0 Å². The molecule has 0 spiro atoms. The van der Waals surface area contributed by atoms with Gasteiger partial charge in [0.2, 0.25) is 15.9 Å². The predicted octanol–water partition coefficient (Wildman–Crippen LogP) is 2.77. The normalized spacial score (nSPS) is 15.7. The standard InChI is InChI=1S/C14H18Cl2N2O3S/c1-22(20,21)18(13-6-5-11(15)9-12(13)16)10-14(19)17-7-3-2-4-8-17/h5-6,9H,2-4,7-8,10H2,1H3. The Morgan fingerprint density at radius 1 is 1.23 bits per heavy atom. The average molecular weight is 365 g/mol. The second kappa shape index (κ2) is 7.06. The summed E-state index contributed by atoms with van der Waals surface area (Å²) < 4.78 is 25.1. The SMILES string of the molecule is CS(=O)(=O)N(CC(=O)N1CCCCC1)c1ccc(Cl)cc1Cl. The number of piperidine rings is 1. The van der Waals surface area contributed by atoms with Gasteiger partial charge in [-0.3, -0.25) is 9.10 Å². The lowest BCUT2D eigenvalue weighted by molar-refractivity contribution is -0.130. The van der Waals surface area contributed by atoms with Gasteiger partial charge in [-0.15, -0.1) is 0 Å². The van der Waals surface area contributed by atoms with Crippen molar-refractivity contribution < 1.29 is 13.2 Å². The largest absolute Gasteiger partial charge is 0.341 e. The van der Waals surface area contributed by atoms with E-state index in [4.69, 9.17) is 23.2 Å². The van der Waals surface area contributed by atoms with Crippen molar-refractivity contribution in [2.45, 2.75) is 19.3 Å². The predicted molar refractivity (Wildman–Crippen MR) is 89.1 cm³/mol. The molecule has 0 radical (unpaired) electrons. The molecule has 1 heterocycles. The van der Waals surface area contributed by atoms with Crippen molar-refractivity contribution in [3.63, 3.8) is 0 Å². The maximum atomic E-state index is 12.4. The highest BCUT2D eigenvalue weighted by Gasteiger charge is 2.26. The Bertz CT molecular complexity index is 658. The zero-order valence-corrected chi connectivity index (χ0v) is 14.6. The Labute approximate surface area is 140 Å². The summed E-state index contributed by atoms with van der Waals surface area (Å²) in [5.41, 5.74) is 0.263. The Morgan fingerprint density at radius 2 is 1.86 bits per heavy atom. The van der Waals surface area contributed by atoms with Crippen LogP contribution in [-0.2, 0) is 14.8 Å². The zero-order valence-electron chi connectivity index (χ0n) is 12.3. The molecule has 1 saturated heterocycles.